The molecular formula is C12H25NOS. The molecule has 2 nitrogen and oxygen atoms in total. The fourth-order valence-corrected chi connectivity index (χ4v) is 3.67. The standard InChI is InChI=1S/C12H25NOS/c1-13-11-7-5-3-4-6-8-12(11)15-10-9-14-2/h11-13H,3-10H2,1-2H3. The van der Waals surface area contributed by atoms with E-state index in [0.29, 0.717) is 6.04 Å². The lowest BCUT2D eigenvalue weighted by atomic mass is 9.96. The number of ether oxygens (including phenoxy) is 1. The van der Waals surface area contributed by atoms with Crippen molar-refractivity contribution in [2.75, 3.05) is 26.5 Å². The Morgan fingerprint density at radius 1 is 1.20 bits per heavy atom. The van der Waals surface area contributed by atoms with Crippen molar-refractivity contribution in [3.63, 3.8) is 0 Å². The van der Waals surface area contributed by atoms with Crippen LogP contribution in [0.25, 0.3) is 0 Å². The van der Waals surface area contributed by atoms with E-state index < -0.39 is 0 Å². The fourth-order valence-electron chi connectivity index (χ4n) is 2.26. The molecule has 0 heterocycles. The lowest BCUT2D eigenvalue weighted by Gasteiger charge is -2.28. The van der Waals surface area contributed by atoms with E-state index in [9.17, 15) is 0 Å². The molecule has 0 bridgehead atoms. The molecule has 0 aromatic rings. The normalized spacial score (nSPS) is 28.4. The number of hydrogen-bond acceptors (Lipinski definition) is 3. The minimum absolute atomic E-state index is 0.715. The van der Waals surface area contributed by atoms with Crippen LogP contribution in [-0.2, 0) is 4.74 Å². The van der Waals surface area contributed by atoms with Crippen molar-refractivity contribution in [2.24, 2.45) is 0 Å². The Balaban J connectivity index is 2.32. The first-order valence-corrected chi connectivity index (χ1v) is 7.21. The number of methoxy groups -OCH3 is 1. The van der Waals surface area contributed by atoms with Crippen LogP contribution < -0.4 is 5.32 Å². The van der Waals surface area contributed by atoms with Gasteiger partial charge in [0.15, 0.2) is 0 Å². The molecule has 0 aromatic heterocycles. The van der Waals surface area contributed by atoms with Crippen LogP contribution in [0.1, 0.15) is 38.5 Å². The molecule has 0 saturated heterocycles. The van der Waals surface area contributed by atoms with Gasteiger partial charge in [-0.15, -0.1) is 0 Å². The molecule has 0 spiro atoms. The monoisotopic (exact) mass is 231 g/mol. The van der Waals surface area contributed by atoms with Crippen LogP contribution >= 0.6 is 11.8 Å². The van der Waals surface area contributed by atoms with E-state index >= 15 is 0 Å². The molecule has 1 rings (SSSR count). The second-order valence-corrected chi connectivity index (χ2v) is 5.64. The van der Waals surface area contributed by atoms with E-state index in [1.807, 2.05) is 0 Å². The fraction of sp³-hybridized carbons (Fsp3) is 1.00. The van der Waals surface area contributed by atoms with Crippen molar-refractivity contribution in [3.05, 3.63) is 0 Å². The van der Waals surface area contributed by atoms with Gasteiger partial charge in [-0.3, -0.25) is 0 Å². The minimum Gasteiger partial charge on any atom is -0.384 e. The molecule has 15 heavy (non-hydrogen) atoms. The topological polar surface area (TPSA) is 21.3 Å². The molecule has 1 aliphatic rings. The van der Waals surface area contributed by atoms with Gasteiger partial charge in [0, 0.05) is 24.2 Å². The summed E-state index contributed by atoms with van der Waals surface area (Å²) in [5, 5.41) is 4.28. The van der Waals surface area contributed by atoms with Gasteiger partial charge in [-0.05, 0) is 19.9 Å². The maximum atomic E-state index is 5.12. The van der Waals surface area contributed by atoms with Gasteiger partial charge >= 0.3 is 0 Å². The van der Waals surface area contributed by atoms with E-state index in [1.54, 1.807) is 7.11 Å². The predicted molar refractivity (Wildman–Crippen MR) is 68.7 cm³/mol. The molecule has 1 N–H and O–H groups in total. The Kier molecular flexibility index (Phi) is 7.49. The van der Waals surface area contributed by atoms with Crippen molar-refractivity contribution in [3.8, 4) is 0 Å². The van der Waals surface area contributed by atoms with Gasteiger partial charge in [-0.2, -0.15) is 11.8 Å². The summed E-state index contributed by atoms with van der Waals surface area (Å²) in [6.45, 7) is 0.887. The maximum absolute atomic E-state index is 5.12. The van der Waals surface area contributed by atoms with Gasteiger partial charge in [-0.25, -0.2) is 0 Å². The molecule has 2 atom stereocenters. The van der Waals surface area contributed by atoms with E-state index in [4.69, 9.17) is 4.74 Å². The molecule has 0 amide bonds. The van der Waals surface area contributed by atoms with Crippen LogP contribution in [0.3, 0.4) is 0 Å². The third kappa shape index (κ3) is 5.23. The molecule has 0 radical (unpaired) electrons. The SMILES string of the molecule is CNC1CCCCCCC1SCCOC. The molecular weight excluding hydrogens is 206 g/mol. The van der Waals surface area contributed by atoms with Crippen LogP contribution in [0.2, 0.25) is 0 Å². The number of thioether (sulfide) groups is 1. The van der Waals surface area contributed by atoms with Crippen LogP contribution in [0.5, 0.6) is 0 Å². The summed E-state index contributed by atoms with van der Waals surface area (Å²) in [7, 11) is 3.89. The number of nitrogens with one attached hydrogen (secondary N) is 1. The van der Waals surface area contributed by atoms with Crippen molar-refractivity contribution >= 4 is 11.8 Å². The third-order valence-electron chi connectivity index (χ3n) is 3.19. The highest BCUT2D eigenvalue weighted by atomic mass is 32.2. The van der Waals surface area contributed by atoms with Gasteiger partial charge in [0.2, 0.25) is 0 Å². The number of hydrogen-bond donors (Lipinski definition) is 1. The first-order chi connectivity index (χ1) is 7.38. The lowest BCUT2D eigenvalue weighted by molar-refractivity contribution is 0.218. The molecule has 0 aromatic carbocycles. The Labute approximate surface area is 98.5 Å². The molecule has 2 unspecified atom stereocenters. The highest BCUT2D eigenvalue weighted by Gasteiger charge is 2.21. The smallest absolute Gasteiger partial charge is 0.0553 e. The Morgan fingerprint density at radius 2 is 1.93 bits per heavy atom. The van der Waals surface area contributed by atoms with Crippen molar-refractivity contribution in [1.82, 2.24) is 5.32 Å². The zero-order valence-electron chi connectivity index (χ0n) is 10.1. The van der Waals surface area contributed by atoms with Crippen molar-refractivity contribution in [2.45, 2.75) is 49.8 Å². The first-order valence-electron chi connectivity index (χ1n) is 6.16. The molecule has 0 aliphatic heterocycles. The minimum atomic E-state index is 0.715. The van der Waals surface area contributed by atoms with E-state index in [2.05, 4.69) is 24.1 Å². The van der Waals surface area contributed by atoms with E-state index in [1.165, 1.54) is 38.5 Å². The summed E-state index contributed by atoms with van der Waals surface area (Å²) in [6.07, 6.45) is 8.38. The summed E-state index contributed by atoms with van der Waals surface area (Å²) >= 11 is 2.09. The van der Waals surface area contributed by atoms with Crippen LogP contribution in [0, 0.1) is 0 Å². The summed E-state index contributed by atoms with van der Waals surface area (Å²) in [5.41, 5.74) is 0. The zero-order valence-corrected chi connectivity index (χ0v) is 10.9. The van der Waals surface area contributed by atoms with E-state index in [-0.39, 0.29) is 0 Å². The average molecular weight is 231 g/mol. The van der Waals surface area contributed by atoms with Crippen molar-refractivity contribution < 1.29 is 4.74 Å². The highest BCUT2D eigenvalue weighted by molar-refractivity contribution is 7.99. The number of rotatable bonds is 5. The van der Waals surface area contributed by atoms with Gasteiger partial charge in [0.05, 0.1) is 6.61 Å². The summed E-state index contributed by atoms with van der Waals surface area (Å²) < 4.78 is 5.12. The van der Waals surface area contributed by atoms with Crippen molar-refractivity contribution in [1.29, 1.82) is 0 Å². The predicted octanol–water partition coefficient (Wildman–Crippen LogP) is 2.68. The van der Waals surface area contributed by atoms with Gasteiger partial charge in [0.1, 0.15) is 0 Å². The largest absolute Gasteiger partial charge is 0.384 e. The molecule has 1 aliphatic carbocycles. The summed E-state index contributed by atoms with van der Waals surface area (Å²) in [6, 6.07) is 0.715. The molecule has 1 fully saturated rings. The van der Waals surface area contributed by atoms with Gasteiger partial charge in [-0.1, -0.05) is 25.7 Å². The Bertz CT molecular complexity index is 155. The second-order valence-electron chi connectivity index (χ2n) is 4.29. The zero-order chi connectivity index (χ0) is 10.9. The van der Waals surface area contributed by atoms with Crippen LogP contribution in [-0.4, -0.2) is 37.8 Å². The molecule has 1 saturated carbocycles. The van der Waals surface area contributed by atoms with Gasteiger partial charge < -0.3 is 10.1 Å². The summed E-state index contributed by atoms with van der Waals surface area (Å²) in [4.78, 5) is 0. The third-order valence-corrected chi connectivity index (χ3v) is 4.59. The average Bonchev–Trinajstić information content (AvgIpc) is 2.22. The highest BCUT2D eigenvalue weighted by Crippen LogP contribution is 2.26. The van der Waals surface area contributed by atoms with Crippen LogP contribution in [0.4, 0.5) is 0 Å². The maximum Gasteiger partial charge on any atom is 0.0553 e. The molecule has 90 valence electrons. The molecule has 3 heteroatoms. The Morgan fingerprint density at radius 3 is 2.60 bits per heavy atom. The van der Waals surface area contributed by atoms with E-state index in [0.717, 1.165) is 17.6 Å². The quantitative estimate of drug-likeness (QED) is 0.735. The summed E-state index contributed by atoms with van der Waals surface area (Å²) in [5.74, 6) is 1.14. The first kappa shape index (κ1) is 13.3. The van der Waals surface area contributed by atoms with Gasteiger partial charge in [0.25, 0.3) is 0 Å². The second kappa shape index (κ2) is 8.43. The van der Waals surface area contributed by atoms with Crippen LogP contribution in [0.15, 0.2) is 0 Å². The Hall–Kier alpha value is 0.270. The lowest BCUT2D eigenvalue weighted by Crippen LogP contribution is -2.36.